The number of hydrogen-bond donors (Lipinski definition) is 1. The Balaban J connectivity index is 1.96. The van der Waals surface area contributed by atoms with Gasteiger partial charge in [0.2, 0.25) is 11.8 Å². The summed E-state index contributed by atoms with van der Waals surface area (Å²) in [6.07, 6.45) is 0. The van der Waals surface area contributed by atoms with Gasteiger partial charge in [0, 0.05) is 12.5 Å². The van der Waals surface area contributed by atoms with Gasteiger partial charge >= 0.3 is 0 Å². The fourth-order valence-electron chi connectivity index (χ4n) is 2.20. The van der Waals surface area contributed by atoms with Gasteiger partial charge in [-0.3, -0.25) is 4.72 Å². The van der Waals surface area contributed by atoms with E-state index in [1.165, 1.54) is 0 Å². The summed E-state index contributed by atoms with van der Waals surface area (Å²) in [4.78, 5) is 0.214. The maximum atomic E-state index is 12.6. The van der Waals surface area contributed by atoms with E-state index in [0.717, 1.165) is 11.1 Å². The predicted molar refractivity (Wildman–Crippen MR) is 91.2 cm³/mol. The predicted octanol–water partition coefficient (Wildman–Crippen LogP) is 3.46. The Kier molecular flexibility index (Phi) is 4.11. The van der Waals surface area contributed by atoms with E-state index >= 15 is 0 Å². The zero-order valence-corrected chi connectivity index (χ0v) is 14.4. The Labute approximate surface area is 140 Å². The van der Waals surface area contributed by atoms with Crippen LogP contribution < -0.4 is 4.72 Å². The third-order valence-electron chi connectivity index (χ3n) is 3.59. The maximum absolute atomic E-state index is 12.6. The second-order valence-corrected chi connectivity index (χ2v) is 7.26. The zero-order valence-electron chi connectivity index (χ0n) is 13.6. The summed E-state index contributed by atoms with van der Waals surface area (Å²) in [5.41, 5.74) is 2.93. The first-order valence-electron chi connectivity index (χ1n) is 7.36. The molecular weight excluding hydrogens is 326 g/mol. The number of aromatic nitrogens is 2. The van der Waals surface area contributed by atoms with E-state index in [0.29, 0.717) is 23.0 Å². The lowest BCUT2D eigenvalue weighted by molar-refractivity contribution is 0.533. The van der Waals surface area contributed by atoms with Crippen LogP contribution in [0.5, 0.6) is 0 Å². The van der Waals surface area contributed by atoms with Crippen molar-refractivity contribution in [1.29, 1.82) is 0 Å². The van der Waals surface area contributed by atoms with Crippen molar-refractivity contribution < 1.29 is 12.8 Å². The van der Waals surface area contributed by atoms with Gasteiger partial charge in [-0.1, -0.05) is 23.8 Å². The summed E-state index contributed by atoms with van der Waals surface area (Å²) in [5.74, 6) is 0.802. The van der Waals surface area contributed by atoms with Crippen LogP contribution in [0.25, 0.3) is 11.5 Å². The van der Waals surface area contributed by atoms with Gasteiger partial charge < -0.3 is 4.42 Å². The zero-order chi connectivity index (χ0) is 17.3. The highest BCUT2D eigenvalue weighted by Crippen LogP contribution is 2.26. The molecule has 0 radical (unpaired) electrons. The molecule has 1 aromatic heterocycles. The minimum Gasteiger partial charge on any atom is -0.421 e. The molecule has 0 spiro atoms. The summed E-state index contributed by atoms with van der Waals surface area (Å²) < 4.78 is 33.1. The van der Waals surface area contributed by atoms with Crippen molar-refractivity contribution in [3.8, 4) is 11.5 Å². The number of hydrogen-bond acceptors (Lipinski definition) is 5. The Morgan fingerprint density at radius 1 is 0.958 bits per heavy atom. The van der Waals surface area contributed by atoms with Gasteiger partial charge in [0.25, 0.3) is 10.0 Å². The summed E-state index contributed by atoms with van der Waals surface area (Å²) in [6, 6.07) is 12.0. The molecule has 1 heterocycles. The minimum atomic E-state index is -3.66. The normalized spacial score (nSPS) is 11.5. The summed E-state index contributed by atoms with van der Waals surface area (Å²) in [5, 5.41) is 7.75. The van der Waals surface area contributed by atoms with Crippen molar-refractivity contribution in [2.24, 2.45) is 0 Å². The van der Waals surface area contributed by atoms with Crippen LogP contribution in [0.4, 0.5) is 5.69 Å². The lowest BCUT2D eigenvalue weighted by Gasteiger charge is -2.11. The van der Waals surface area contributed by atoms with Crippen LogP contribution in [0.3, 0.4) is 0 Å². The Morgan fingerprint density at radius 3 is 2.29 bits per heavy atom. The van der Waals surface area contributed by atoms with Crippen molar-refractivity contribution >= 4 is 15.7 Å². The van der Waals surface area contributed by atoms with E-state index in [1.54, 1.807) is 37.3 Å². The lowest BCUT2D eigenvalue weighted by atomic mass is 10.1. The topological polar surface area (TPSA) is 85.1 Å². The van der Waals surface area contributed by atoms with Crippen molar-refractivity contribution in [3.63, 3.8) is 0 Å². The SMILES string of the molecule is Cc1ccc(S(=O)(=O)Nc2cc(-c3nnc(C)o3)ccc2C)cc1. The highest BCUT2D eigenvalue weighted by molar-refractivity contribution is 7.92. The van der Waals surface area contributed by atoms with Crippen LogP contribution in [-0.4, -0.2) is 18.6 Å². The second-order valence-electron chi connectivity index (χ2n) is 5.57. The quantitative estimate of drug-likeness (QED) is 0.784. The van der Waals surface area contributed by atoms with Gasteiger partial charge in [0.15, 0.2) is 0 Å². The number of sulfonamides is 1. The van der Waals surface area contributed by atoms with Crippen molar-refractivity contribution in [2.75, 3.05) is 4.72 Å². The van der Waals surface area contributed by atoms with Crippen LogP contribution in [0, 0.1) is 20.8 Å². The maximum Gasteiger partial charge on any atom is 0.261 e. The molecule has 0 fully saturated rings. The van der Waals surface area contributed by atoms with Crippen LogP contribution in [0.1, 0.15) is 17.0 Å². The number of nitrogens with zero attached hydrogens (tertiary/aromatic N) is 2. The van der Waals surface area contributed by atoms with Crippen molar-refractivity contribution in [3.05, 3.63) is 59.5 Å². The molecule has 0 aliphatic heterocycles. The average molecular weight is 343 g/mol. The Hall–Kier alpha value is -2.67. The van der Waals surface area contributed by atoms with Crippen molar-refractivity contribution in [2.45, 2.75) is 25.7 Å². The first-order chi connectivity index (χ1) is 11.3. The molecule has 124 valence electrons. The summed E-state index contributed by atoms with van der Waals surface area (Å²) >= 11 is 0. The molecule has 0 saturated heterocycles. The Bertz CT molecular complexity index is 977. The highest BCUT2D eigenvalue weighted by atomic mass is 32.2. The standard InChI is InChI=1S/C17H17N3O3S/c1-11-4-8-15(9-5-11)24(21,22)20-16-10-14(7-6-12(16)2)17-19-18-13(3)23-17/h4-10,20H,1-3H3. The van der Waals surface area contributed by atoms with E-state index < -0.39 is 10.0 Å². The van der Waals surface area contributed by atoms with Crippen LogP contribution in [0.15, 0.2) is 51.8 Å². The molecule has 3 rings (SSSR count). The third-order valence-corrected chi connectivity index (χ3v) is 4.97. The monoisotopic (exact) mass is 343 g/mol. The first kappa shape index (κ1) is 16.2. The van der Waals surface area contributed by atoms with E-state index in [1.807, 2.05) is 26.0 Å². The van der Waals surface area contributed by atoms with E-state index in [9.17, 15) is 8.42 Å². The molecule has 7 heteroatoms. The fourth-order valence-corrected chi connectivity index (χ4v) is 3.32. The number of nitrogens with one attached hydrogen (secondary N) is 1. The average Bonchev–Trinajstić information content (AvgIpc) is 2.96. The first-order valence-corrected chi connectivity index (χ1v) is 8.84. The van der Waals surface area contributed by atoms with Crippen molar-refractivity contribution in [1.82, 2.24) is 10.2 Å². The minimum absolute atomic E-state index is 0.214. The third kappa shape index (κ3) is 3.30. The largest absolute Gasteiger partial charge is 0.421 e. The molecule has 0 saturated carbocycles. The summed E-state index contributed by atoms with van der Waals surface area (Å²) in [6.45, 7) is 5.44. The van der Waals surface area contributed by atoms with Gasteiger partial charge in [0.1, 0.15) is 0 Å². The molecule has 0 bridgehead atoms. The molecular formula is C17H17N3O3S. The van der Waals surface area contributed by atoms with E-state index in [4.69, 9.17) is 4.42 Å². The number of aryl methyl sites for hydroxylation is 3. The molecule has 2 aromatic carbocycles. The summed E-state index contributed by atoms with van der Waals surface area (Å²) in [7, 11) is -3.66. The Morgan fingerprint density at radius 2 is 1.67 bits per heavy atom. The molecule has 0 aliphatic rings. The number of benzene rings is 2. The molecule has 6 nitrogen and oxygen atoms in total. The number of rotatable bonds is 4. The van der Waals surface area contributed by atoms with E-state index in [2.05, 4.69) is 14.9 Å². The molecule has 24 heavy (non-hydrogen) atoms. The highest BCUT2D eigenvalue weighted by Gasteiger charge is 2.16. The van der Waals surface area contributed by atoms with Gasteiger partial charge in [-0.05, 0) is 43.7 Å². The number of anilines is 1. The molecule has 0 amide bonds. The van der Waals surface area contributed by atoms with Gasteiger partial charge in [-0.25, -0.2) is 8.42 Å². The smallest absolute Gasteiger partial charge is 0.261 e. The molecule has 1 N–H and O–H groups in total. The lowest BCUT2D eigenvalue weighted by Crippen LogP contribution is -2.13. The fraction of sp³-hybridized carbons (Fsp3) is 0.176. The van der Waals surface area contributed by atoms with Gasteiger partial charge in [-0.15, -0.1) is 10.2 Å². The van der Waals surface area contributed by atoms with E-state index in [-0.39, 0.29) is 4.90 Å². The van der Waals surface area contributed by atoms with Gasteiger partial charge in [0.05, 0.1) is 10.6 Å². The van der Waals surface area contributed by atoms with Crippen LogP contribution in [-0.2, 0) is 10.0 Å². The molecule has 0 atom stereocenters. The molecule has 3 aromatic rings. The molecule has 0 unspecified atom stereocenters. The van der Waals surface area contributed by atoms with Crippen LogP contribution >= 0.6 is 0 Å². The van der Waals surface area contributed by atoms with Gasteiger partial charge in [-0.2, -0.15) is 0 Å². The molecule has 0 aliphatic carbocycles. The van der Waals surface area contributed by atoms with Crippen LogP contribution in [0.2, 0.25) is 0 Å². The second kappa shape index (κ2) is 6.09.